The Bertz CT molecular complexity index is 1010. The molecule has 12 atom stereocenters. The van der Waals surface area contributed by atoms with Crippen LogP contribution in [0.5, 0.6) is 0 Å². The number of carboxylic acid groups (broad SMARTS) is 1. The molecule has 0 spiro atoms. The molecule has 202 valence electrons. The van der Waals surface area contributed by atoms with Crippen LogP contribution in [0.3, 0.4) is 0 Å². The summed E-state index contributed by atoms with van der Waals surface area (Å²) in [7, 11) is 0. The normalized spacial score (nSPS) is 56.3. The Labute approximate surface area is 217 Å². The number of carboxylic acids is 1. The van der Waals surface area contributed by atoms with Crippen molar-refractivity contribution in [1.82, 2.24) is 0 Å². The lowest BCUT2D eigenvalue weighted by molar-refractivity contribution is -0.228. The van der Waals surface area contributed by atoms with Gasteiger partial charge in [-0.25, -0.2) is 0 Å². The maximum atomic E-state index is 12.7. The van der Waals surface area contributed by atoms with Crippen molar-refractivity contribution >= 4 is 11.9 Å². The molecule has 5 aliphatic rings. The lowest BCUT2D eigenvalue weighted by Gasteiger charge is -2.71. The summed E-state index contributed by atoms with van der Waals surface area (Å²) in [4.78, 5) is 25.3. The minimum atomic E-state index is -1.38. The van der Waals surface area contributed by atoms with E-state index >= 15 is 0 Å². The summed E-state index contributed by atoms with van der Waals surface area (Å²) >= 11 is 0. The van der Waals surface area contributed by atoms with Crippen LogP contribution in [0, 0.1) is 62.6 Å². The predicted octanol–water partition coefficient (Wildman–Crippen LogP) is 5.80. The van der Waals surface area contributed by atoms with Crippen molar-refractivity contribution in [1.29, 1.82) is 0 Å². The lowest BCUT2D eigenvalue weighted by Crippen LogP contribution is -2.68. The highest BCUT2D eigenvalue weighted by molar-refractivity contribution is 5.82. The van der Waals surface area contributed by atoms with E-state index in [2.05, 4.69) is 47.6 Å². The van der Waals surface area contributed by atoms with E-state index in [4.69, 9.17) is 5.73 Å². The highest BCUT2D eigenvalue weighted by atomic mass is 16.4. The van der Waals surface area contributed by atoms with Gasteiger partial charge in [-0.05, 0) is 110 Å². The standard InChI is InChI=1S/C31H49NO4/c1-17-10-12-27(3)14-15-29(5)20(23(27)18(17)2)8-9-21-28(4)16-19(25(32)34)24(33)31(7,26(35)36)22(28)11-13-30(21,29)6/h8,17-19,21-24,33H,9-16H2,1-7H3,(H2,32,34)(H,35,36)/t17-,18+,19?,21-,22-,23+,24+,27-,28-,29-,30-,31-/m1/s1. The van der Waals surface area contributed by atoms with Gasteiger partial charge < -0.3 is 15.9 Å². The van der Waals surface area contributed by atoms with E-state index in [1.165, 1.54) is 25.7 Å². The van der Waals surface area contributed by atoms with E-state index in [1.54, 1.807) is 12.5 Å². The number of aliphatic hydroxyl groups is 1. The Kier molecular flexibility index (Phi) is 5.71. The molecule has 0 aromatic heterocycles. The van der Waals surface area contributed by atoms with Gasteiger partial charge in [-0.1, -0.05) is 53.2 Å². The molecule has 1 unspecified atom stereocenters. The third-order valence-electron chi connectivity index (χ3n) is 13.9. The largest absolute Gasteiger partial charge is 0.481 e. The lowest BCUT2D eigenvalue weighted by atomic mass is 9.33. The number of hydrogen-bond donors (Lipinski definition) is 3. The summed E-state index contributed by atoms with van der Waals surface area (Å²) in [5.74, 6) is -0.325. The van der Waals surface area contributed by atoms with Gasteiger partial charge in [0.25, 0.3) is 0 Å². The topological polar surface area (TPSA) is 101 Å². The van der Waals surface area contributed by atoms with Gasteiger partial charge in [-0.3, -0.25) is 9.59 Å². The van der Waals surface area contributed by atoms with Crippen molar-refractivity contribution in [3.8, 4) is 0 Å². The molecule has 1 amide bonds. The maximum absolute atomic E-state index is 12.7. The number of primary amides is 1. The first-order valence-corrected chi connectivity index (χ1v) is 14.5. The van der Waals surface area contributed by atoms with Crippen LogP contribution < -0.4 is 5.73 Å². The Morgan fingerprint density at radius 1 is 0.972 bits per heavy atom. The Morgan fingerprint density at radius 2 is 1.64 bits per heavy atom. The third kappa shape index (κ3) is 2.98. The zero-order valence-corrected chi connectivity index (χ0v) is 23.6. The SMILES string of the molecule is C[C@H]1[C@H](C)CC[C@]2(C)CC[C@]3(C)C(=CC[C@@H]4[C@@]5(C)CC(C(N)=O)[C@H](O)[C@](C)(C(=O)O)[C@@H]5CC[C@]43C)[C@H]12. The molecule has 36 heavy (non-hydrogen) atoms. The minimum Gasteiger partial charge on any atom is -0.481 e. The van der Waals surface area contributed by atoms with Crippen molar-refractivity contribution < 1.29 is 19.8 Å². The van der Waals surface area contributed by atoms with Crippen LogP contribution >= 0.6 is 0 Å². The van der Waals surface area contributed by atoms with Crippen LogP contribution in [0.15, 0.2) is 11.6 Å². The molecular formula is C31H49NO4. The monoisotopic (exact) mass is 499 g/mol. The van der Waals surface area contributed by atoms with Crippen molar-refractivity contribution in [3.05, 3.63) is 11.6 Å². The van der Waals surface area contributed by atoms with Crippen molar-refractivity contribution in [2.24, 2.45) is 68.3 Å². The molecule has 4 fully saturated rings. The molecule has 5 rings (SSSR count). The molecule has 0 aromatic rings. The summed E-state index contributed by atoms with van der Waals surface area (Å²) in [6.07, 6.45) is 9.53. The van der Waals surface area contributed by atoms with Gasteiger partial charge in [-0.2, -0.15) is 0 Å². The van der Waals surface area contributed by atoms with Crippen LogP contribution in [0.25, 0.3) is 0 Å². The fourth-order valence-electron chi connectivity index (χ4n) is 11.2. The molecular weight excluding hydrogens is 450 g/mol. The van der Waals surface area contributed by atoms with Crippen molar-refractivity contribution in [2.45, 2.75) is 106 Å². The van der Waals surface area contributed by atoms with Crippen molar-refractivity contribution in [3.63, 3.8) is 0 Å². The smallest absolute Gasteiger partial charge is 0.312 e. The molecule has 0 aliphatic heterocycles. The molecule has 5 heteroatoms. The molecule has 4 saturated carbocycles. The fourth-order valence-corrected chi connectivity index (χ4v) is 11.2. The number of aliphatic carboxylic acids is 1. The average molecular weight is 500 g/mol. The molecule has 0 bridgehead atoms. The number of nitrogens with two attached hydrogens (primary N) is 1. The number of amides is 1. The van der Waals surface area contributed by atoms with Crippen LogP contribution in [0.2, 0.25) is 0 Å². The maximum Gasteiger partial charge on any atom is 0.312 e. The molecule has 0 aromatic carbocycles. The molecule has 0 heterocycles. The second kappa shape index (κ2) is 7.83. The first-order valence-electron chi connectivity index (χ1n) is 14.5. The summed E-state index contributed by atoms with van der Waals surface area (Å²) < 4.78 is 0. The number of rotatable bonds is 2. The fraction of sp³-hybridized carbons (Fsp3) is 0.871. The van der Waals surface area contributed by atoms with Gasteiger partial charge in [0, 0.05) is 0 Å². The second-order valence-corrected chi connectivity index (χ2v) is 15.0. The zero-order chi connectivity index (χ0) is 26.6. The van der Waals surface area contributed by atoms with Gasteiger partial charge in [0.15, 0.2) is 0 Å². The van der Waals surface area contributed by atoms with Gasteiger partial charge in [0.05, 0.1) is 17.4 Å². The number of carbonyl (C=O) groups is 2. The van der Waals surface area contributed by atoms with E-state index in [-0.39, 0.29) is 28.1 Å². The van der Waals surface area contributed by atoms with E-state index in [0.717, 1.165) is 25.2 Å². The Morgan fingerprint density at radius 3 is 2.25 bits per heavy atom. The van der Waals surface area contributed by atoms with Gasteiger partial charge in [0.2, 0.25) is 5.91 Å². The van der Waals surface area contributed by atoms with E-state index < -0.39 is 29.3 Å². The number of aliphatic hydroxyl groups excluding tert-OH is 1. The average Bonchev–Trinajstić information content (AvgIpc) is 2.79. The minimum absolute atomic E-state index is 0.0218. The molecule has 0 saturated heterocycles. The molecule has 0 radical (unpaired) electrons. The van der Waals surface area contributed by atoms with Crippen molar-refractivity contribution in [2.75, 3.05) is 0 Å². The van der Waals surface area contributed by atoms with Crippen LogP contribution in [0.4, 0.5) is 0 Å². The first-order chi connectivity index (χ1) is 16.6. The predicted molar refractivity (Wildman–Crippen MR) is 141 cm³/mol. The summed E-state index contributed by atoms with van der Waals surface area (Å²) in [6, 6.07) is 0. The summed E-state index contributed by atoms with van der Waals surface area (Å²) in [5, 5.41) is 21.6. The zero-order valence-electron chi connectivity index (χ0n) is 23.6. The van der Waals surface area contributed by atoms with E-state index in [1.807, 2.05) is 0 Å². The van der Waals surface area contributed by atoms with Gasteiger partial charge in [0.1, 0.15) is 0 Å². The van der Waals surface area contributed by atoms with Gasteiger partial charge in [-0.15, -0.1) is 0 Å². The van der Waals surface area contributed by atoms with Gasteiger partial charge >= 0.3 is 5.97 Å². The first kappa shape index (κ1) is 26.3. The Balaban J connectivity index is 1.63. The number of allylic oxidation sites excluding steroid dienone is 2. The van der Waals surface area contributed by atoms with Crippen LogP contribution in [-0.4, -0.2) is 28.2 Å². The quantitative estimate of drug-likeness (QED) is 0.418. The van der Waals surface area contributed by atoms with Crippen LogP contribution in [-0.2, 0) is 9.59 Å². The highest BCUT2D eigenvalue weighted by Gasteiger charge is 2.71. The highest BCUT2D eigenvalue weighted by Crippen LogP contribution is 2.76. The molecule has 4 N–H and O–H groups in total. The summed E-state index contributed by atoms with van der Waals surface area (Å²) in [6.45, 7) is 16.3. The molecule has 5 nitrogen and oxygen atoms in total. The number of carbonyl (C=O) groups excluding carboxylic acids is 1. The number of hydrogen-bond acceptors (Lipinski definition) is 3. The molecule has 5 aliphatic carbocycles. The second-order valence-electron chi connectivity index (χ2n) is 15.0. The number of fused-ring (bicyclic) bond motifs is 7. The van der Waals surface area contributed by atoms with E-state index in [0.29, 0.717) is 23.7 Å². The third-order valence-corrected chi connectivity index (χ3v) is 13.9. The Hall–Kier alpha value is -1.36. The van der Waals surface area contributed by atoms with E-state index in [9.17, 15) is 19.8 Å². The summed E-state index contributed by atoms with van der Waals surface area (Å²) in [5.41, 5.74) is 6.19. The van der Waals surface area contributed by atoms with Crippen LogP contribution in [0.1, 0.15) is 99.8 Å².